The lowest BCUT2D eigenvalue weighted by Crippen LogP contribution is -2.21. The molecule has 0 bridgehead atoms. The van der Waals surface area contributed by atoms with Gasteiger partial charge < -0.3 is 14.5 Å². The maximum Gasteiger partial charge on any atom is 0.327 e. The number of fused-ring (bicyclic) bond motifs is 3. The van der Waals surface area contributed by atoms with Crippen LogP contribution in [-0.2, 0) is 10.0 Å². The minimum Gasteiger partial charge on any atom is -0.493 e. The minimum atomic E-state index is -3.79. The number of aromatic amines is 1. The summed E-state index contributed by atoms with van der Waals surface area (Å²) in [6.45, 7) is 1.85. The first kappa shape index (κ1) is 19.9. The lowest BCUT2D eigenvalue weighted by molar-refractivity contribution is 0.356. The molecule has 9 nitrogen and oxygen atoms in total. The van der Waals surface area contributed by atoms with E-state index in [2.05, 4.69) is 9.97 Å². The van der Waals surface area contributed by atoms with Crippen molar-refractivity contribution in [2.75, 3.05) is 14.2 Å². The number of imidazole rings is 1. The van der Waals surface area contributed by atoms with Gasteiger partial charge in [0, 0.05) is 11.5 Å². The zero-order valence-electron chi connectivity index (χ0n) is 16.5. The number of aromatic nitrogens is 3. The Bertz CT molecular complexity index is 1420. The van der Waals surface area contributed by atoms with Crippen LogP contribution in [-0.4, -0.2) is 37.2 Å². The van der Waals surface area contributed by atoms with Crippen LogP contribution in [0.5, 0.6) is 11.5 Å². The Kier molecular flexibility index (Phi) is 4.75. The Morgan fingerprint density at radius 2 is 1.73 bits per heavy atom. The highest BCUT2D eigenvalue weighted by Crippen LogP contribution is 2.35. The Labute approximate surface area is 172 Å². The van der Waals surface area contributed by atoms with E-state index in [4.69, 9.17) is 14.6 Å². The van der Waals surface area contributed by atoms with Crippen LogP contribution in [0, 0.1) is 0 Å². The third kappa shape index (κ3) is 3.19. The van der Waals surface area contributed by atoms with Crippen molar-refractivity contribution in [3.05, 3.63) is 58.6 Å². The van der Waals surface area contributed by atoms with Crippen molar-refractivity contribution in [3.8, 4) is 11.5 Å². The van der Waals surface area contributed by atoms with Gasteiger partial charge in [0.15, 0.2) is 11.5 Å². The number of nitrogens with zero attached hydrogens (tertiary/aromatic N) is 2. The maximum atomic E-state index is 12.8. The smallest absolute Gasteiger partial charge is 0.327 e. The summed E-state index contributed by atoms with van der Waals surface area (Å²) in [5.74, 6) is 1.05. The number of sulfonamides is 1. The summed E-state index contributed by atoms with van der Waals surface area (Å²) < 4.78 is 35.4. The molecule has 0 unspecified atom stereocenters. The predicted molar refractivity (Wildman–Crippen MR) is 113 cm³/mol. The summed E-state index contributed by atoms with van der Waals surface area (Å²) >= 11 is 0. The van der Waals surface area contributed by atoms with Crippen molar-refractivity contribution in [1.29, 1.82) is 0 Å². The van der Waals surface area contributed by atoms with Crippen molar-refractivity contribution in [2.24, 2.45) is 5.14 Å². The number of nitrogens with one attached hydrogen (secondary N) is 1. The van der Waals surface area contributed by atoms with E-state index in [1.807, 2.05) is 6.92 Å². The van der Waals surface area contributed by atoms with Crippen LogP contribution in [0.4, 0.5) is 0 Å². The van der Waals surface area contributed by atoms with Crippen molar-refractivity contribution < 1.29 is 17.9 Å². The first-order chi connectivity index (χ1) is 14.2. The topological polar surface area (TPSA) is 129 Å². The molecule has 30 heavy (non-hydrogen) atoms. The summed E-state index contributed by atoms with van der Waals surface area (Å²) in [5.41, 5.74) is 2.32. The number of H-pyrrole nitrogens is 1. The largest absolute Gasteiger partial charge is 0.493 e. The summed E-state index contributed by atoms with van der Waals surface area (Å²) in [4.78, 5) is 20.1. The second-order valence-electron chi connectivity index (χ2n) is 6.83. The van der Waals surface area contributed by atoms with Gasteiger partial charge in [-0.1, -0.05) is 12.1 Å². The predicted octanol–water partition coefficient (Wildman–Crippen LogP) is 2.15. The molecule has 156 valence electrons. The van der Waals surface area contributed by atoms with Gasteiger partial charge in [0.1, 0.15) is 0 Å². The number of methoxy groups -OCH3 is 2. The van der Waals surface area contributed by atoms with E-state index in [1.54, 1.807) is 42.1 Å². The van der Waals surface area contributed by atoms with Gasteiger partial charge in [-0.05, 0) is 30.7 Å². The monoisotopic (exact) mass is 428 g/mol. The average molecular weight is 428 g/mol. The molecule has 0 saturated heterocycles. The fourth-order valence-corrected chi connectivity index (χ4v) is 4.10. The first-order valence-electron chi connectivity index (χ1n) is 9.02. The quantitative estimate of drug-likeness (QED) is 0.501. The minimum absolute atomic E-state index is 0.0104. The number of hydrogen-bond donors (Lipinski definition) is 2. The zero-order chi connectivity index (χ0) is 21.6. The van der Waals surface area contributed by atoms with E-state index in [-0.39, 0.29) is 16.6 Å². The summed E-state index contributed by atoms with van der Waals surface area (Å²) in [6, 6.07) is 9.28. The summed E-state index contributed by atoms with van der Waals surface area (Å²) in [6.07, 6.45) is 1.60. The van der Waals surface area contributed by atoms with E-state index in [0.717, 1.165) is 10.9 Å². The molecule has 0 fully saturated rings. The van der Waals surface area contributed by atoms with Crippen LogP contribution in [0.25, 0.3) is 21.9 Å². The molecule has 0 aliphatic rings. The molecular formula is C20H20N4O5S. The standard InChI is InChI=1S/C20H20N4O5S/c1-11(12-4-6-13(7-5-12)30(21,26)27)24-19-14-8-17(28-2)18(29-3)9-15(14)22-10-16(19)23-20(24)25/h4-11H,1-3H3,(H,23,25)(H2,21,26,27)/t11-/m1/s1. The Morgan fingerprint density at radius 1 is 1.10 bits per heavy atom. The van der Waals surface area contributed by atoms with E-state index in [9.17, 15) is 13.2 Å². The SMILES string of the molecule is COc1cc2ncc3[nH]c(=O)n([C@H](C)c4ccc(S(N)(=O)=O)cc4)c3c2cc1OC. The van der Waals surface area contributed by atoms with E-state index < -0.39 is 10.0 Å². The highest BCUT2D eigenvalue weighted by atomic mass is 32.2. The molecule has 2 aromatic heterocycles. The second kappa shape index (κ2) is 7.15. The van der Waals surface area contributed by atoms with Gasteiger partial charge in [-0.25, -0.2) is 18.4 Å². The van der Waals surface area contributed by atoms with Crippen molar-refractivity contribution in [3.63, 3.8) is 0 Å². The van der Waals surface area contributed by atoms with Gasteiger partial charge in [-0.2, -0.15) is 0 Å². The van der Waals surface area contributed by atoms with Crippen LogP contribution < -0.4 is 20.3 Å². The molecule has 0 amide bonds. The third-order valence-corrected chi connectivity index (χ3v) is 6.05. The third-order valence-electron chi connectivity index (χ3n) is 5.12. The Morgan fingerprint density at radius 3 is 2.33 bits per heavy atom. The number of benzene rings is 2. The summed E-state index contributed by atoms with van der Waals surface area (Å²) in [7, 11) is -0.712. The van der Waals surface area contributed by atoms with Gasteiger partial charge in [-0.15, -0.1) is 0 Å². The van der Waals surface area contributed by atoms with Crippen LogP contribution in [0.15, 0.2) is 52.3 Å². The molecular weight excluding hydrogens is 408 g/mol. The van der Waals surface area contributed by atoms with Crippen LogP contribution in [0.2, 0.25) is 0 Å². The fraction of sp³-hybridized carbons (Fsp3) is 0.200. The van der Waals surface area contributed by atoms with Gasteiger partial charge >= 0.3 is 5.69 Å². The lowest BCUT2D eigenvalue weighted by Gasteiger charge is -2.16. The molecule has 0 saturated carbocycles. The Hall–Kier alpha value is -3.37. The van der Waals surface area contributed by atoms with E-state index in [0.29, 0.717) is 28.0 Å². The molecule has 10 heteroatoms. The van der Waals surface area contributed by atoms with Gasteiger partial charge in [0.25, 0.3) is 0 Å². The highest BCUT2D eigenvalue weighted by Gasteiger charge is 2.20. The van der Waals surface area contributed by atoms with Crippen LogP contribution >= 0.6 is 0 Å². The van der Waals surface area contributed by atoms with Crippen molar-refractivity contribution in [1.82, 2.24) is 14.5 Å². The van der Waals surface area contributed by atoms with Crippen LogP contribution in [0.3, 0.4) is 0 Å². The van der Waals surface area contributed by atoms with Gasteiger partial charge in [0.2, 0.25) is 10.0 Å². The number of rotatable bonds is 5. The molecule has 0 aliphatic carbocycles. The molecule has 0 radical (unpaired) electrons. The molecule has 0 aliphatic heterocycles. The molecule has 4 aromatic rings. The first-order valence-corrected chi connectivity index (χ1v) is 10.6. The number of pyridine rings is 1. The van der Waals surface area contributed by atoms with E-state index >= 15 is 0 Å². The maximum absolute atomic E-state index is 12.8. The number of nitrogens with two attached hydrogens (primary N) is 1. The summed E-state index contributed by atoms with van der Waals surface area (Å²) in [5, 5.41) is 5.89. The highest BCUT2D eigenvalue weighted by molar-refractivity contribution is 7.89. The zero-order valence-corrected chi connectivity index (χ0v) is 17.4. The average Bonchev–Trinajstić information content (AvgIpc) is 3.07. The molecule has 2 aromatic carbocycles. The lowest BCUT2D eigenvalue weighted by atomic mass is 10.1. The number of ether oxygens (including phenoxy) is 2. The number of hydrogen-bond acceptors (Lipinski definition) is 6. The number of primary sulfonamides is 1. The van der Waals surface area contributed by atoms with E-state index in [1.165, 1.54) is 19.2 Å². The molecule has 2 heterocycles. The second-order valence-corrected chi connectivity index (χ2v) is 8.40. The molecule has 1 atom stereocenters. The van der Waals surface area contributed by atoms with Crippen molar-refractivity contribution in [2.45, 2.75) is 17.9 Å². The molecule has 0 spiro atoms. The van der Waals surface area contributed by atoms with Gasteiger partial charge in [0.05, 0.1) is 47.9 Å². The fourth-order valence-electron chi connectivity index (χ4n) is 3.59. The van der Waals surface area contributed by atoms with Crippen LogP contribution in [0.1, 0.15) is 18.5 Å². The molecule has 4 rings (SSSR count). The van der Waals surface area contributed by atoms with Gasteiger partial charge in [-0.3, -0.25) is 9.55 Å². The molecule has 3 N–H and O–H groups in total. The Balaban J connectivity index is 1.95. The normalized spacial score (nSPS) is 12.9. The van der Waals surface area contributed by atoms with Crippen molar-refractivity contribution >= 4 is 32.0 Å².